The van der Waals surface area contributed by atoms with E-state index in [4.69, 9.17) is 13.8 Å². The Kier molecular flexibility index (Phi) is 46.2. The maximum absolute atomic E-state index is 12.1. The number of esters is 1. The molecule has 0 aliphatic heterocycles. The lowest BCUT2D eigenvalue weighted by atomic mass is 10.1. The molecule has 0 aromatic carbocycles. The van der Waals surface area contributed by atoms with Crippen molar-refractivity contribution in [3.05, 3.63) is 146 Å². The number of rotatable bonds is 43. The van der Waals surface area contributed by atoms with Crippen molar-refractivity contribution >= 4 is 19.7 Å². The van der Waals surface area contributed by atoms with E-state index in [9.17, 15) is 24.2 Å². The molecule has 0 aromatic heterocycles. The van der Waals surface area contributed by atoms with Crippen molar-refractivity contribution in [3.63, 3.8) is 0 Å². The summed E-state index contributed by atoms with van der Waals surface area (Å²) in [5.74, 6) is -0.675. The number of unbranched alkanes of at least 4 members (excludes halogenated alkanes) is 7. The quantitative estimate of drug-likeness (QED) is 0.0238. The van der Waals surface area contributed by atoms with Gasteiger partial charge in [-0.3, -0.25) is 18.6 Å². The standard InChI is InChI=1S/C55H86NO8P/c1-3-5-7-9-11-13-15-17-19-21-23-25-26-28-30-32-34-36-38-40-42-44-46-48-55(59)62-51-53(57)52-64-65(60,61)63-50-49-56-54(58)47-45-43-41-39-37-35-33-31-29-27-24-22-20-18-16-14-12-10-8-6-4-2/h5-8,11-14,17-20,23-25,27-28,30-31,33,37,39,43,45,53,57H,3-4,9-10,15-16,21-22,26,29,32,34-36,38,40-42,44,46-52H2,1-2H3,(H,56,58)(H,60,61)/b7-5-,8-6-,13-11-,14-12-,19-17-,20-18-,25-23-,27-24-,30-28-,33-31-,39-37-,45-43-. The van der Waals surface area contributed by atoms with Crippen molar-refractivity contribution in [3.8, 4) is 0 Å². The average Bonchev–Trinajstić information content (AvgIpc) is 3.29. The number of amides is 1. The van der Waals surface area contributed by atoms with Gasteiger partial charge in [-0.05, 0) is 96.3 Å². The average molecular weight is 920 g/mol. The number of aliphatic hydroxyl groups is 1. The van der Waals surface area contributed by atoms with Crippen LogP contribution < -0.4 is 5.32 Å². The molecule has 9 nitrogen and oxygen atoms in total. The molecule has 65 heavy (non-hydrogen) atoms. The van der Waals surface area contributed by atoms with E-state index in [-0.39, 0.29) is 38.5 Å². The van der Waals surface area contributed by atoms with E-state index in [1.54, 1.807) is 6.08 Å². The minimum absolute atomic E-state index is 0.0136. The van der Waals surface area contributed by atoms with Gasteiger partial charge in [-0.15, -0.1) is 0 Å². The zero-order valence-corrected chi connectivity index (χ0v) is 41.0. The van der Waals surface area contributed by atoms with E-state index in [1.807, 2.05) is 12.2 Å². The van der Waals surface area contributed by atoms with Crippen molar-refractivity contribution in [1.29, 1.82) is 0 Å². The van der Waals surface area contributed by atoms with Crippen molar-refractivity contribution in [2.75, 3.05) is 26.4 Å². The van der Waals surface area contributed by atoms with Crippen LogP contribution >= 0.6 is 7.82 Å². The van der Waals surface area contributed by atoms with Crippen LogP contribution in [0.5, 0.6) is 0 Å². The first-order valence-corrected chi connectivity index (χ1v) is 25.8. The second-order valence-corrected chi connectivity index (χ2v) is 16.8. The Morgan fingerprint density at radius 3 is 1.29 bits per heavy atom. The van der Waals surface area contributed by atoms with Crippen LogP contribution in [0, 0.1) is 0 Å². The van der Waals surface area contributed by atoms with Gasteiger partial charge in [0.15, 0.2) is 0 Å². The minimum atomic E-state index is -4.46. The van der Waals surface area contributed by atoms with E-state index in [0.29, 0.717) is 12.8 Å². The Hall–Kier alpha value is -4.11. The molecular weight excluding hydrogens is 834 g/mol. The second-order valence-electron chi connectivity index (χ2n) is 15.3. The van der Waals surface area contributed by atoms with Crippen LogP contribution in [-0.2, 0) is 27.9 Å². The molecule has 0 spiro atoms. The molecule has 0 aliphatic carbocycles. The van der Waals surface area contributed by atoms with Crippen LogP contribution in [0.4, 0.5) is 0 Å². The number of allylic oxidation sites excluding steroid dienone is 23. The van der Waals surface area contributed by atoms with E-state index in [0.717, 1.165) is 96.3 Å². The first-order valence-electron chi connectivity index (χ1n) is 24.3. The predicted molar refractivity (Wildman–Crippen MR) is 274 cm³/mol. The van der Waals surface area contributed by atoms with Gasteiger partial charge < -0.3 is 20.1 Å². The third-order valence-corrected chi connectivity index (χ3v) is 10.3. The number of phosphoric acid groups is 1. The summed E-state index contributed by atoms with van der Waals surface area (Å²) in [7, 11) is -4.46. The van der Waals surface area contributed by atoms with Gasteiger partial charge in [0.05, 0.1) is 13.2 Å². The molecule has 10 heteroatoms. The second kappa shape index (κ2) is 49.3. The van der Waals surface area contributed by atoms with Gasteiger partial charge in [-0.2, -0.15) is 0 Å². The molecule has 0 saturated carbocycles. The van der Waals surface area contributed by atoms with Crippen molar-refractivity contribution in [2.24, 2.45) is 0 Å². The number of hydrogen-bond acceptors (Lipinski definition) is 7. The highest BCUT2D eigenvalue weighted by molar-refractivity contribution is 7.47. The molecule has 364 valence electrons. The van der Waals surface area contributed by atoms with Crippen molar-refractivity contribution in [2.45, 2.75) is 161 Å². The Bertz CT molecular complexity index is 1560. The highest BCUT2D eigenvalue weighted by atomic mass is 31.2. The number of carbonyl (C=O) groups excluding carboxylic acids is 2. The molecule has 0 aliphatic rings. The van der Waals surface area contributed by atoms with E-state index < -0.39 is 26.5 Å². The molecule has 3 N–H and O–H groups in total. The summed E-state index contributed by atoms with van der Waals surface area (Å²) >= 11 is 0. The number of aliphatic hydroxyl groups excluding tert-OH is 1. The number of hydrogen-bond donors (Lipinski definition) is 3. The molecule has 0 bridgehead atoms. The molecular formula is C55H86NO8P. The Balaban J connectivity index is 3.75. The summed E-state index contributed by atoms with van der Waals surface area (Å²) in [5.41, 5.74) is 0. The van der Waals surface area contributed by atoms with Gasteiger partial charge in [0, 0.05) is 19.4 Å². The summed E-state index contributed by atoms with van der Waals surface area (Å²) in [5, 5.41) is 12.7. The molecule has 2 unspecified atom stereocenters. The van der Waals surface area contributed by atoms with E-state index in [2.05, 4.69) is 147 Å². The Morgan fingerprint density at radius 1 is 0.492 bits per heavy atom. The molecule has 2 atom stereocenters. The van der Waals surface area contributed by atoms with Crippen LogP contribution in [0.2, 0.25) is 0 Å². The lowest BCUT2D eigenvalue weighted by Crippen LogP contribution is -2.26. The molecule has 0 radical (unpaired) electrons. The third kappa shape index (κ3) is 50.7. The highest BCUT2D eigenvalue weighted by Crippen LogP contribution is 2.42. The fourth-order valence-corrected chi connectivity index (χ4v) is 6.47. The number of ether oxygens (including phenoxy) is 1. The Labute approximate surface area is 395 Å². The zero-order valence-electron chi connectivity index (χ0n) is 40.1. The van der Waals surface area contributed by atoms with Gasteiger partial charge in [-0.1, -0.05) is 192 Å². The van der Waals surface area contributed by atoms with Crippen LogP contribution in [0.3, 0.4) is 0 Å². The van der Waals surface area contributed by atoms with E-state index >= 15 is 0 Å². The maximum atomic E-state index is 12.1. The predicted octanol–water partition coefficient (Wildman–Crippen LogP) is 14.4. The summed E-state index contributed by atoms with van der Waals surface area (Å²) in [6.07, 6.45) is 70.9. The SMILES string of the molecule is CC/C=C\C/C=C\C/C=C\C/C=C\C/C=C\C/C=C\C/C=C\CC(=O)NCCOP(=O)(O)OCC(O)COC(=O)CCCCCCCCC/C=C\C/C=C\C/C=C\C/C=C\C/C=C\CC. The summed E-state index contributed by atoms with van der Waals surface area (Å²) in [6.45, 7) is 3.16. The lowest BCUT2D eigenvalue weighted by Gasteiger charge is -2.15. The number of phosphoric ester groups is 1. The van der Waals surface area contributed by atoms with Gasteiger partial charge >= 0.3 is 13.8 Å². The minimum Gasteiger partial charge on any atom is -0.463 e. The topological polar surface area (TPSA) is 131 Å². The molecule has 0 aromatic rings. The van der Waals surface area contributed by atoms with Gasteiger partial charge in [-0.25, -0.2) is 4.57 Å². The smallest absolute Gasteiger partial charge is 0.463 e. The van der Waals surface area contributed by atoms with Crippen LogP contribution in [0.15, 0.2) is 146 Å². The molecule has 0 fully saturated rings. The van der Waals surface area contributed by atoms with E-state index in [1.165, 1.54) is 19.3 Å². The first kappa shape index (κ1) is 60.9. The summed E-state index contributed by atoms with van der Waals surface area (Å²) in [6, 6.07) is 0. The van der Waals surface area contributed by atoms with Crippen LogP contribution in [-0.4, -0.2) is 54.3 Å². The van der Waals surface area contributed by atoms with Gasteiger partial charge in [0.1, 0.15) is 12.7 Å². The molecule has 0 rings (SSSR count). The van der Waals surface area contributed by atoms with Crippen molar-refractivity contribution < 1.29 is 37.9 Å². The summed E-state index contributed by atoms with van der Waals surface area (Å²) < 4.78 is 26.9. The van der Waals surface area contributed by atoms with Crippen LogP contribution in [0.25, 0.3) is 0 Å². The van der Waals surface area contributed by atoms with Gasteiger partial charge in [0.2, 0.25) is 5.91 Å². The lowest BCUT2D eigenvalue weighted by molar-refractivity contribution is -0.147. The highest BCUT2D eigenvalue weighted by Gasteiger charge is 2.23. The maximum Gasteiger partial charge on any atom is 0.472 e. The molecule has 0 saturated heterocycles. The zero-order chi connectivity index (χ0) is 47.4. The normalized spacial score (nSPS) is 14.5. The monoisotopic (exact) mass is 920 g/mol. The summed E-state index contributed by atoms with van der Waals surface area (Å²) in [4.78, 5) is 34.0. The molecule has 1 amide bonds. The molecule has 0 heterocycles. The van der Waals surface area contributed by atoms with Gasteiger partial charge in [0.25, 0.3) is 0 Å². The fraction of sp³-hybridized carbons (Fsp3) is 0.527. The van der Waals surface area contributed by atoms with Crippen molar-refractivity contribution in [1.82, 2.24) is 5.32 Å². The van der Waals surface area contributed by atoms with Crippen LogP contribution in [0.1, 0.15) is 155 Å². The Morgan fingerprint density at radius 2 is 0.862 bits per heavy atom. The number of carbonyl (C=O) groups is 2. The first-order chi connectivity index (χ1) is 31.8. The third-order valence-electron chi connectivity index (χ3n) is 9.29. The largest absolute Gasteiger partial charge is 0.472 e. The fourth-order valence-electron chi connectivity index (χ4n) is 5.72. The number of nitrogens with one attached hydrogen (secondary N) is 1.